The number of rotatable bonds is 3. The highest BCUT2D eigenvalue weighted by Gasteiger charge is 2.22. The summed E-state index contributed by atoms with van der Waals surface area (Å²) in [5.74, 6) is 0.336. The predicted octanol–water partition coefficient (Wildman–Crippen LogP) is -0.228. The highest BCUT2D eigenvalue weighted by Crippen LogP contribution is 2.27. The minimum atomic E-state index is -0.447. The van der Waals surface area contributed by atoms with E-state index in [9.17, 15) is 14.4 Å². The van der Waals surface area contributed by atoms with Gasteiger partial charge in [-0.3, -0.25) is 18.7 Å². The van der Waals surface area contributed by atoms with E-state index in [4.69, 9.17) is 0 Å². The number of nitrogens with one attached hydrogen (secondary N) is 1. The minimum absolute atomic E-state index is 0.243. The van der Waals surface area contributed by atoms with E-state index >= 15 is 0 Å². The number of aromatic nitrogens is 3. The Morgan fingerprint density at radius 2 is 2.05 bits per heavy atom. The lowest BCUT2D eigenvalue weighted by Crippen LogP contribution is -2.37. The molecule has 2 aromatic heterocycles. The quantitative estimate of drug-likeness (QED) is 0.845. The van der Waals surface area contributed by atoms with Gasteiger partial charge in [-0.1, -0.05) is 0 Å². The molecule has 0 saturated heterocycles. The molecule has 0 unspecified atom stereocenters. The van der Waals surface area contributed by atoms with Gasteiger partial charge in [-0.05, 0) is 24.8 Å². The predicted molar refractivity (Wildman–Crippen MR) is 77.3 cm³/mol. The van der Waals surface area contributed by atoms with Gasteiger partial charge >= 0.3 is 5.69 Å². The van der Waals surface area contributed by atoms with Crippen molar-refractivity contribution in [2.45, 2.75) is 12.8 Å². The zero-order chi connectivity index (χ0) is 15.1. The molecule has 0 atom stereocenters. The van der Waals surface area contributed by atoms with E-state index < -0.39 is 11.2 Å². The maximum absolute atomic E-state index is 12.1. The van der Waals surface area contributed by atoms with Crippen LogP contribution in [0.2, 0.25) is 0 Å². The van der Waals surface area contributed by atoms with E-state index in [1.54, 1.807) is 7.05 Å². The van der Waals surface area contributed by atoms with Crippen molar-refractivity contribution in [3.63, 3.8) is 0 Å². The van der Waals surface area contributed by atoms with Crippen molar-refractivity contribution in [1.82, 2.24) is 19.4 Å². The van der Waals surface area contributed by atoms with Crippen LogP contribution in [0.1, 0.15) is 23.2 Å². The SMILES string of the molecule is Cn1c(=O)c2cc(C(=O)NCC3CC3)cnc2n(C)c1=O. The first kappa shape index (κ1) is 13.5. The second-order valence-electron chi connectivity index (χ2n) is 5.45. The number of aryl methyl sites for hydroxylation is 1. The molecule has 1 saturated carbocycles. The van der Waals surface area contributed by atoms with Crippen molar-refractivity contribution in [2.75, 3.05) is 6.54 Å². The van der Waals surface area contributed by atoms with Crippen LogP contribution in [0, 0.1) is 5.92 Å². The third-order valence-corrected chi connectivity index (χ3v) is 3.80. The molecule has 2 heterocycles. The summed E-state index contributed by atoms with van der Waals surface area (Å²) >= 11 is 0. The number of hydrogen-bond acceptors (Lipinski definition) is 4. The molecular formula is C14H16N4O3. The van der Waals surface area contributed by atoms with Gasteiger partial charge < -0.3 is 5.32 Å². The normalized spacial score (nSPS) is 14.4. The zero-order valence-electron chi connectivity index (χ0n) is 11.9. The van der Waals surface area contributed by atoms with Crippen LogP contribution in [0.25, 0.3) is 11.0 Å². The molecule has 7 nitrogen and oxygen atoms in total. The van der Waals surface area contributed by atoms with Crippen LogP contribution < -0.4 is 16.6 Å². The smallest absolute Gasteiger partial charge is 0.332 e. The molecule has 1 amide bonds. The third kappa shape index (κ3) is 2.35. The molecule has 0 radical (unpaired) electrons. The molecule has 0 aliphatic heterocycles. The Labute approximate surface area is 120 Å². The fourth-order valence-electron chi connectivity index (χ4n) is 2.25. The average Bonchev–Trinajstić information content (AvgIpc) is 3.32. The van der Waals surface area contributed by atoms with Gasteiger partial charge in [-0.15, -0.1) is 0 Å². The molecule has 110 valence electrons. The van der Waals surface area contributed by atoms with Crippen molar-refractivity contribution in [3.05, 3.63) is 38.7 Å². The van der Waals surface area contributed by atoms with Crippen LogP contribution >= 0.6 is 0 Å². The molecule has 3 rings (SSSR count). The monoisotopic (exact) mass is 288 g/mol. The summed E-state index contributed by atoms with van der Waals surface area (Å²) in [6.07, 6.45) is 3.70. The second-order valence-corrected chi connectivity index (χ2v) is 5.45. The summed E-state index contributed by atoms with van der Waals surface area (Å²) in [5.41, 5.74) is -0.274. The Hall–Kier alpha value is -2.44. The molecule has 0 spiro atoms. The van der Waals surface area contributed by atoms with E-state index in [0.29, 0.717) is 18.0 Å². The first-order chi connectivity index (χ1) is 9.99. The molecule has 1 aliphatic rings. The number of carbonyl (C=O) groups excluding carboxylic acids is 1. The number of amides is 1. The van der Waals surface area contributed by atoms with Crippen molar-refractivity contribution in [1.29, 1.82) is 0 Å². The Kier molecular flexibility index (Phi) is 3.12. The van der Waals surface area contributed by atoms with Crippen molar-refractivity contribution in [2.24, 2.45) is 20.0 Å². The lowest BCUT2D eigenvalue weighted by atomic mass is 10.2. The summed E-state index contributed by atoms with van der Waals surface area (Å²) in [6, 6.07) is 1.49. The molecule has 2 aromatic rings. The number of fused-ring (bicyclic) bond motifs is 1. The summed E-state index contributed by atoms with van der Waals surface area (Å²) in [7, 11) is 2.95. The average molecular weight is 288 g/mol. The van der Waals surface area contributed by atoms with Gasteiger partial charge in [0, 0.05) is 26.8 Å². The van der Waals surface area contributed by atoms with Gasteiger partial charge in [0.1, 0.15) is 5.65 Å². The van der Waals surface area contributed by atoms with Crippen LogP contribution in [0.5, 0.6) is 0 Å². The van der Waals surface area contributed by atoms with Crippen LogP contribution in [-0.2, 0) is 14.1 Å². The van der Waals surface area contributed by atoms with Crippen LogP contribution in [0.3, 0.4) is 0 Å². The number of nitrogens with zero attached hydrogens (tertiary/aromatic N) is 3. The Morgan fingerprint density at radius 1 is 1.33 bits per heavy atom. The second kappa shape index (κ2) is 4.83. The fraction of sp³-hybridized carbons (Fsp3) is 0.429. The molecule has 21 heavy (non-hydrogen) atoms. The summed E-state index contributed by atoms with van der Waals surface area (Å²) in [5, 5.41) is 3.09. The van der Waals surface area contributed by atoms with Crippen LogP contribution in [-0.4, -0.2) is 26.6 Å². The van der Waals surface area contributed by atoms with Gasteiger partial charge in [0.15, 0.2) is 0 Å². The van der Waals surface area contributed by atoms with E-state index in [-0.39, 0.29) is 16.9 Å². The number of carbonyl (C=O) groups is 1. The van der Waals surface area contributed by atoms with Gasteiger partial charge in [0.05, 0.1) is 10.9 Å². The maximum atomic E-state index is 12.1. The molecule has 1 aliphatic carbocycles. The number of hydrogen-bond donors (Lipinski definition) is 1. The molecule has 0 bridgehead atoms. The Balaban J connectivity index is 2.05. The standard InChI is InChI=1S/C14H16N4O3/c1-17-11-10(13(20)18(2)14(17)21)5-9(7-15-11)12(19)16-6-8-3-4-8/h5,7-8H,3-4,6H2,1-2H3,(H,16,19). The maximum Gasteiger partial charge on any atom is 0.332 e. The van der Waals surface area contributed by atoms with Gasteiger partial charge in [-0.2, -0.15) is 0 Å². The molecular weight excluding hydrogens is 272 g/mol. The highest BCUT2D eigenvalue weighted by molar-refractivity contribution is 5.96. The molecule has 0 aromatic carbocycles. The first-order valence-electron chi connectivity index (χ1n) is 6.83. The minimum Gasteiger partial charge on any atom is -0.352 e. The van der Waals surface area contributed by atoms with Crippen LogP contribution in [0.15, 0.2) is 21.9 Å². The first-order valence-corrected chi connectivity index (χ1v) is 6.83. The molecule has 7 heteroatoms. The fourth-order valence-corrected chi connectivity index (χ4v) is 2.25. The summed E-state index contributed by atoms with van der Waals surface area (Å²) in [4.78, 5) is 40.1. The third-order valence-electron chi connectivity index (χ3n) is 3.80. The Morgan fingerprint density at radius 3 is 2.71 bits per heavy atom. The van der Waals surface area contributed by atoms with Gasteiger partial charge in [0.25, 0.3) is 11.5 Å². The van der Waals surface area contributed by atoms with E-state index in [2.05, 4.69) is 10.3 Å². The summed E-state index contributed by atoms with van der Waals surface area (Å²) in [6.45, 7) is 0.655. The van der Waals surface area contributed by atoms with Crippen molar-refractivity contribution < 1.29 is 4.79 Å². The highest BCUT2D eigenvalue weighted by atomic mass is 16.2. The van der Waals surface area contributed by atoms with Gasteiger partial charge in [-0.25, -0.2) is 9.78 Å². The molecule has 1 N–H and O–H groups in total. The summed E-state index contributed by atoms with van der Waals surface area (Å²) < 4.78 is 2.30. The van der Waals surface area contributed by atoms with Crippen molar-refractivity contribution >= 4 is 16.9 Å². The lowest BCUT2D eigenvalue weighted by molar-refractivity contribution is 0.0951. The van der Waals surface area contributed by atoms with Crippen LogP contribution in [0.4, 0.5) is 0 Å². The lowest BCUT2D eigenvalue weighted by Gasteiger charge is -2.08. The largest absolute Gasteiger partial charge is 0.352 e. The van der Waals surface area contributed by atoms with Crippen molar-refractivity contribution in [3.8, 4) is 0 Å². The van der Waals surface area contributed by atoms with E-state index in [1.165, 1.54) is 23.9 Å². The Bertz CT molecular complexity index is 846. The van der Waals surface area contributed by atoms with E-state index in [0.717, 1.165) is 17.4 Å². The molecule has 1 fully saturated rings. The topological polar surface area (TPSA) is 86.0 Å². The zero-order valence-corrected chi connectivity index (χ0v) is 11.9. The van der Waals surface area contributed by atoms with Gasteiger partial charge in [0.2, 0.25) is 0 Å². The van der Waals surface area contributed by atoms with E-state index in [1.807, 2.05) is 0 Å². The number of pyridine rings is 1.